The standard InChI is InChI=1S/C19H13F4IN4O3/c20-13-7-11(24)4-5-14(13)26-16-8-15(27-18(28-16)25-9-17(29)30)10-2-1-3-12(6-10)31-19(21,22)23/h1-8H,9H2,(H,29,30)(H2,25,26,27,28). The van der Waals surface area contributed by atoms with Crippen LogP contribution in [0.4, 0.5) is 35.0 Å². The van der Waals surface area contributed by atoms with Gasteiger partial charge in [0, 0.05) is 15.2 Å². The maximum absolute atomic E-state index is 14.2. The smallest absolute Gasteiger partial charge is 0.480 e. The predicted molar refractivity (Wildman–Crippen MR) is 113 cm³/mol. The SMILES string of the molecule is O=C(O)CNc1nc(Nc2ccc(I)cc2F)cc(-c2cccc(OC(F)(F)F)c2)n1. The van der Waals surface area contributed by atoms with Crippen molar-refractivity contribution in [2.45, 2.75) is 6.36 Å². The molecule has 0 saturated carbocycles. The van der Waals surface area contributed by atoms with Gasteiger partial charge in [-0.3, -0.25) is 4.79 Å². The Labute approximate surface area is 186 Å². The average molecular weight is 548 g/mol. The Balaban J connectivity index is 1.99. The maximum Gasteiger partial charge on any atom is 0.573 e. The molecule has 0 atom stereocenters. The van der Waals surface area contributed by atoms with Crippen molar-refractivity contribution < 1.29 is 32.2 Å². The van der Waals surface area contributed by atoms with E-state index in [0.29, 0.717) is 3.57 Å². The first-order chi connectivity index (χ1) is 14.6. The molecule has 7 nitrogen and oxygen atoms in total. The zero-order chi connectivity index (χ0) is 22.6. The highest BCUT2D eigenvalue weighted by Crippen LogP contribution is 2.29. The van der Waals surface area contributed by atoms with Gasteiger partial charge in [0.05, 0.1) is 11.4 Å². The maximum atomic E-state index is 14.2. The quantitative estimate of drug-likeness (QED) is 0.282. The number of nitrogens with zero attached hydrogens (tertiary/aromatic N) is 2. The van der Waals surface area contributed by atoms with Crippen LogP contribution in [-0.4, -0.2) is 34.0 Å². The Bertz CT molecular complexity index is 1110. The second-order valence-electron chi connectivity index (χ2n) is 6.03. The monoisotopic (exact) mass is 548 g/mol. The first kappa shape index (κ1) is 22.5. The highest BCUT2D eigenvalue weighted by Gasteiger charge is 2.31. The molecule has 0 bridgehead atoms. The van der Waals surface area contributed by atoms with Crippen LogP contribution in [-0.2, 0) is 4.79 Å². The molecule has 31 heavy (non-hydrogen) atoms. The Morgan fingerprint density at radius 1 is 1.13 bits per heavy atom. The van der Waals surface area contributed by atoms with Gasteiger partial charge in [0.25, 0.3) is 0 Å². The fraction of sp³-hybridized carbons (Fsp3) is 0.105. The van der Waals surface area contributed by atoms with Crippen molar-refractivity contribution in [2.75, 3.05) is 17.2 Å². The van der Waals surface area contributed by atoms with Gasteiger partial charge in [0.1, 0.15) is 23.9 Å². The van der Waals surface area contributed by atoms with Crippen molar-refractivity contribution in [1.82, 2.24) is 9.97 Å². The van der Waals surface area contributed by atoms with E-state index in [1.807, 2.05) is 22.6 Å². The number of nitrogens with one attached hydrogen (secondary N) is 2. The molecule has 0 fully saturated rings. The molecule has 0 amide bonds. The third kappa shape index (κ3) is 6.67. The van der Waals surface area contributed by atoms with E-state index in [1.54, 1.807) is 6.07 Å². The lowest BCUT2D eigenvalue weighted by molar-refractivity contribution is -0.274. The van der Waals surface area contributed by atoms with Crippen LogP contribution in [0.5, 0.6) is 5.75 Å². The third-order valence-corrected chi connectivity index (χ3v) is 4.35. The summed E-state index contributed by atoms with van der Waals surface area (Å²) in [6.07, 6.45) is -4.87. The number of aromatic nitrogens is 2. The lowest BCUT2D eigenvalue weighted by Crippen LogP contribution is -2.17. The molecule has 12 heteroatoms. The lowest BCUT2D eigenvalue weighted by Gasteiger charge is -2.13. The van der Waals surface area contributed by atoms with E-state index < -0.39 is 30.4 Å². The molecule has 0 saturated heterocycles. The van der Waals surface area contributed by atoms with Crippen molar-refractivity contribution in [3.05, 3.63) is 57.9 Å². The highest BCUT2D eigenvalue weighted by molar-refractivity contribution is 14.1. The topological polar surface area (TPSA) is 96.4 Å². The molecule has 3 N–H and O–H groups in total. The van der Waals surface area contributed by atoms with Crippen LogP contribution in [0.1, 0.15) is 0 Å². The number of halogens is 5. The number of carboxylic acids is 1. The summed E-state index contributed by atoms with van der Waals surface area (Å²) < 4.78 is 56.4. The van der Waals surface area contributed by atoms with Crippen LogP contribution in [0.3, 0.4) is 0 Å². The summed E-state index contributed by atoms with van der Waals surface area (Å²) in [4.78, 5) is 19.1. The Morgan fingerprint density at radius 2 is 1.90 bits per heavy atom. The number of anilines is 3. The van der Waals surface area contributed by atoms with Crippen LogP contribution in [0, 0.1) is 9.39 Å². The largest absolute Gasteiger partial charge is 0.573 e. The number of hydrogen-bond acceptors (Lipinski definition) is 6. The molecule has 0 spiro atoms. The number of hydrogen-bond donors (Lipinski definition) is 3. The number of carbonyl (C=O) groups is 1. The summed E-state index contributed by atoms with van der Waals surface area (Å²) >= 11 is 1.95. The molecule has 162 valence electrons. The van der Waals surface area contributed by atoms with Gasteiger partial charge in [0.2, 0.25) is 5.95 Å². The fourth-order valence-electron chi connectivity index (χ4n) is 2.47. The number of aliphatic carboxylic acids is 1. The van der Waals surface area contributed by atoms with Gasteiger partial charge < -0.3 is 20.5 Å². The number of carboxylic acid groups (broad SMARTS) is 1. The van der Waals surface area contributed by atoms with E-state index in [4.69, 9.17) is 5.11 Å². The molecule has 0 aliphatic carbocycles. The number of rotatable bonds is 7. The molecule has 2 aromatic carbocycles. The number of ether oxygens (including phenoxy) is 1. The zero-order valence-corrected chi connectivity index (χ0v) is 17.5. The molecule has 1 aromatic heterocycles. The third-order valence-electron chi connectivity index (χ3n) is 3.68. The Hall–Kier alpha value is -3.16. The molecule has 0 unspecified atom stereocenters. The molecular formula is C19H13F4IN4O3. The van der Waals surface area contributed by atoms with Gasteiger partial charge in [0.15, 0.2) is 0 Å². The summed E-state index contributed by atoms with van der Waals surface area (Å²) in [5.74, 6) is -2.20. The lowest BCUT2D eigenvalue weighted by atomic mass is 10.1. The van der Waals surface area contributed by atoms with Crippen molar-refractivity contribution in [1.29, 1.82) is 0 Å². The van der Waals surface area contributed by atoms with Gasteiger partial charge in [-0.15, -0.1) is 13.2 Å². The molecule has 0 aliphatic heterocycles. The summed E-state index contributed by atoms with van der Waals surface area (Å²) in [6.45, 7) is -0.502. The van der Waals surface area contributed by atoms with E-state index in [-0.39, 0.29) is 28.7 Å². The predicted octanol–water partition coefficient (Wildman–Crippen LogP) is 5.03. The number of benzene rings is 2. The summed E-state index contributed by atoms with van der Waals surface area (Å²) in [7, 11) is 0. The Kier molecular flexibility index (Phi) is 6.77. The molecule has 1 heterocycles. The minimum absolute atomic E-state index is 0.0974. The molecule has 3 rings (SSSR count). The van der Waals surface area contributed by atoms with Gasteiger partial charge >= 0.3 is 12.3 Å². The van der Waals surface area contributed by atoms with Crippen molar-refractivity contribution in [3.8, 4) is 17.0 Å². The van der Waals surface area contributed by atoms with Gasteiger partial charge in [-0.2, -0.15) is 4.98 Å². The van der Waals surface area contributed by atoms with Crippen molar-refractivity contribution in [2.24, 2.45) is 0 Å². The fourth-order valence-corrected chi connectivity index (χ4v) is 2.93. The minimum atomic E-state index is -4.87. The van der Waals surface area contributed by atoms with E-state index in [2.05, 4.69) is 25.3 Å². The van der Waals surface area contributed by atoms with Gasteiger partial charge in [-0.25, -0.2) is 9.37 Å². The highest BCUT2D eigenvalue weighted by atomic mass is 127. The van der Waals surface area contributed by atoms with Crippen LogP contribution in [0.25, 0.3) is 11.3 Å². The second kappa shape index (κ2) is 9.32. The Morgan fingerprint density at radius 3 is 2.58 bits per heavy atom. The van der Waals surface area contributed by atoms with E-state index >= 15 is 0 Å². The van der Waals surface area contributed by atoms with Crippen LogP contribution < -0.4 is 15.4 Å². The first-order valence-corrected chi connectivity index (χ1v) is 9.60. The second-order valence-corrected chi connectivity index (χ2v) is 7.28. The first-order valence-electron chi connectivity index (χ1n) is 8.52. The van der Waals surface area contributed by atoms with Crippen molar-refractivity contribution >= 4 is 46.0 Å². The average Bonchev–Trinajstić information content (AvgIpc) is 2.67. The van der Waals surface area contributed by atoms with E-state index in [9.17, 15) is 22.4 Å². The van der Waals surface area contributed by atoms with Crippen molar-refractivity contribution in [3.63, 3.8) is 0 Å². The summed E-state index contributed by atoms with van der Waals surface area (Å²) in [5.41, 5.74) is 0.501. The van der Waals surface area contributed by atoms with Crippen LogP contribution in [0.2, 0.25) is 0 Å². The summed E-state index contributed by atoms with van der Waals surface area (Å²) in [6, 6.07) is 10.9. The molecule has 0 aliphatic rings. The zero-order valence-electron chi connectivity index (χ0n) is 15.4. The molecule has 0 radical (unpaired) electrons. The van der Waals surface area contributed by atoms with E-state index in [1.165, 1.54) is 30.3 Å². The van der Waals surface area contributed by atoms with Crippen LogP contribution >= 0.6 is 22.6 Å². The summed E-state index contributed by atoms with van der Waals surface area (Å²) in [5, 5.41) is 14.1. The molecular weight excluding hydrogens is 535 g/mol. The van der Waals surface area contributed by atoms with Crippen LogP contribution in [0.15, 0.2) is 48.5 Å². The van der Waals surface area contributed by atoms with Gasteiger partial charge in [-0.05, 0) is 52.9 Å². The normalized spacial score (nSPS) is 11.1. The minimum Gasteiger partial charge on any atom is -0.480 e. The number of alkyl halides is 3. The molecule has 3 aromatic rings. The van der Waals surface area contributed by atoms with E-state index in [0.717, 1.165) is 12.1 Å². The van der Waals surface area contributed by atoms with Gasteiger partial charge in [-0.1, -0.05) is 12.1 Å².